The van der Waals surface area contributed by atoms with E-state index in [1.807, 2.05) is 18.2 Å². The highest BCUT2D eigenvalue weighted by Crippen LogP contribution is 2.32. The summed E-state index contributed by atoms with van der Waals surface area (Å²) in [7, 11) is 0. The third-order valence-corrected chi connectivity index (χ3v) is 4.50. The summed E-state index contributed by atoms with van der Waals surface area (Å²) in [5, 5.41) is 2.57. The fourth-order valence-corrected chi connectivity index (χ4v) is 3.10. The van der Waals surface area contributed by atoms with Gasteiger partial charge in [0.05, 0.1) is 17.4 Å². The van der Waals surface area contributed by atoms with Crippen molar-refractivity contribution in [2.24, 2.45) is 0 Å². The minimum Gasteiger partial charge on any atom is -0.325 e. The fraction of sp³-hybridized carbons (Fsp3) is 0.105. The minimum absolute atomic E-state index is 0.0584. The normalized spacial score (nSPS) is 12.8. The lowest BCUT2D eigenvalue weighted by Gasteiger charge is -2.17. The van der Waals surface area contributed by atoms with E-state index < -0.39 is 11.7 Å². The second-order valence-corrected chi connectivity index (χ2v) is 6.28. The Balaban J connectivity index is 1.51. The summed E-state index contributed by atoms with van der Waals surface area (Å²) in [6.45, 7) is 0.827. The summed E-state index contributed by atoms with van der Waals surface area (Å²) >= 11 is 5.72. The van der Waals surface area contributed by atoms with Gasteiger partial charge in [0.1, 0.15) is 11.5 Å². The van der Waals surface area contributed by atoms with Crippen molar-refractivity contribution in [3.05, 3.63) is 77.0 Å². The van der Waals surface area contributed by atoms with Crippen molar-refractivity contribution in [3.8, 4) is 0 Å². The van der Waals surface area contributed by atoms with Crippen molar-refractivity contribution in [2.75, 3.05) is 16.8 Å². The minimum atomic E-state index is -0.542. The lowest BCUT2D eigenvalue weighted by atomic mass is 10.2. The maximum atomic E-state index is 13.2. The summed E-state index contributed by atoms with van der Waals surface area (Å²) in [5.41, 5.74) is 2.94. The Hall–Kier alpha value is -2.99. The average Bonchev–Trinajstić information content (AvgIpc) is 3.09. The highest BCUT2D eigenvalue weighted by molar-refractivity contribution is 6.31. The van der Waals surface area contributed by atoms with E-state index in [1.54, 1.807) is 6.20 Å². The molecule has 26 heavy (non-hydrogen) atoms. The fourth-order valence-electron chi connectivity index (χ4n) is 2.92. The van der Waals surface area contributed by atoms with E-state index in [1.165, 1.54) is 30.0 Å². The molecule has 0 spiro atoms. The number of carbonyl (C=O) groups excluding carboxylic acids is 1. The van der Waals surface area contributed by atoms with Gasteiger partial charge in [0, 0.05) is 17.9 Å². The number of halogens is 2. The van der Waals surface area contributed by atoms with Crippen LogP contribution in [0, 0.1) is 5.82 Å². The Labute approximate surface area is 154 Å². The van der Waals surface area contributed by atoms with Gasteiger partial charge in [-0.25, -0.2) is 14.4 Å². The molecule has 130 valence electrons. The highest BCUT2D eigenvalue weighted by Gasteiger charge is 2.21. The molecule has 0 saturated heterocycles. The van der Waals surface area contributed by atoms with Crippen molar-refractivity contribution in [2.45, 2.75) is 6.42 Å². The molecule has 0 saturated carbocycles. The number of hydrogen-bond donors (Lipinski definition) is 1. The van der Waals surface area contributed by atoms with Crippen molar-refractivity contribution < 1.29 is 9.18 Å². The van der Waals surface area contributed by atoms with Crippen LogP contribution >= 0.6 is 11.6 Å². The van der Waals surface area contributed by atoms with Crippen molar-refractivity contribution in [1.82, 2.24) is 9.97 Å². The third-order valence-electron chi connectivity index (χ3n) is 4.21. The van der Waals surface area contributed by atoms with Crippen LogP contribution < -0.4 is 10.2 Å². The Kier molecular flexibility index (Phi) is 4.26. The van der Waals surface area contributed by atoms with Crippen LogP contribution in [0.15, 0.2) is 54.9 Å². The molecule has 2 heterocycles. The van der Waals surface area contributed by atoms with Crippen LogP contribution in [-0.2, 0) is 6.42 Å². The quantitative estimate of drug-likeness (QED) is 0.752. The molecule has 5 nitrogen and oxygen atoms in total. The molecule has 3 aromatic rings. The largest absolute Gasteiger partial charge is 0.325 e. The Morgan fingerprint density at radius 2 is 2.00 bits per heavy atom. The second kappa shape index (κ2) is 6.72. The van der Waals surface area contributed by atoms with Crippen LogP contribution in [0.5, 0.6) is 0 Å². The van der Waals surface area contributed by atoms with E-state index in [-0.39, 0.29) is 10.7 Å². The van der Waals surface area contributed by atoms with E-state index in [0.29, 0.717) is 11.5 Å². The molecule has 1 aliphatic rings. The highest BCUT2D eigenvalue weighted by atomic mass is 35.5. The zero-order valence-corrected chi connectivity index (χ0v) is 14.4. The predicted molar refractivity (Wildman–Crippen MR) is 98.5 cm³/mol. The van der Waals surface area contributed by atoms with Gasteiger partial charge in [0.2, 0.25) is 0 Å². The van der Waals surface area contributed by atoms with Crippen LogP contribution in [-0.4, -0.2) is 22.4 Å². The van der Waals surface area contributed by atoms with Crippen LogP contribution in [0.25, 0.3) is 0 Å². The first kappa shape index (κ1) is 16.5. The van der Waals surface area contributed by atoms with Gasteiger partial charge in [-0.15, -0.1) is 0 Å². The zero-order chi connectivity index (χ0) is 18.1. The van der Waals surface area contributed by atoms with Crippen molar-refractivity contribution in [3.63, 3.8) is 0 Å². The van der Waals surface area contributed by atoms with E-state index in [4.69, 9.17) is 11.6 Å². The smallest absolute Gasteiger partial charge is 0.275 e. The number of aromatic nitrogens is 2. The van der Waals surface area contributed by atoms with Gasteiger partial charge < -0.3 is 10.2 Å². The number of fused-ring (bicyclic) bond motifs is 1. The molecule has 1 aliphatic heterocycles. The summed E-state index contributed by atoms with van der Waals surface area (Å²) < 4.78 is 13.2. The lowest BCUT2D eigenvalue weighted by Crippen LogP contribution is -2.18. The topological polar surface area (TPSA) is 58.1 Å². The zero-order valence-electron chi connectivity index (χ0n) is 13.6. The number of nitrogens with zero attached hydrogens (tertiary/aromatic N) is 3. The number of anilines is 3. The number of hydrogen-bond acceptors (Lipinski definition) is 4. The first-order valence-corrected chi connectivity index (χ1v) is 8.43. The Morgan fingerprint density at radius 1 is 1.15 bits per heavy atom. The predicted octanol–water partition coefficient (Wildman–Crippen LogP) is 4.22. The molecule has 1 N–H and O–H groups in total. The number of rotatable bonds is 3. The van der Waals surface area contributed by atoms with Gasteiger partial charge in [-0.1, -0.05) is 29.8 Å². The standard InChI is InChI=1S/C19H14ClFN4O/c20-14-9-13(5-6-15(14)21)24-19(26)16-10-23-18(11-22-16)25-8-7-12-3-1-2-4-17(12)25/h1-6,9-11H,7-8H2,(H,24,26). The van der Waals surface area contributed by atoms with Gasteiger partial charge in [0.25, 0.3) is 5.91 Å². The van der Waals surface area contributed by atoms with E-state index >= 15 is 0 Å². The molecule has 0 radical (unpaired) electrons. The number of carbonyl (C=O) groups is 1. The molecule has 1 aromatic heterocycles. The second-order valence-electron chi connectivity index (χ2n) is 5.87. The molecule has 0 atom stereocenters. The Bertz CT molecular complexity index is 978. The van der Waals surface area contributed by atoms with Gasteiger partial charge >= 0.3 is 0 Å². The Morgan fingerprint density at radius 3 is 2.77 bits per heavy atom. The van der Waals surface area contributed by atoms with Crippen molar-refractivity contribution in [1.29, 1.82) is 0 Å². The molecular weight excluding hydrogens is 355 g/mol. The SMILES string of the molecule is O=C(Nc1ccc(F)c(Cl)c1)c1cnc(N2CCc3ccccc32)cn1. The first-order chi connectivity index (χ1) is 12.6. The third kappa shape index (κ3) is 3.11. The molecule has 2 aromatic carbocycles. The molecular formula is C19H14ClFN4O. The first-order valence-electron chi connectivity index (χ1n) is 8.06. The molecule has 0 bridgehead atoms. The maximum Gasteiger partial charge on any atom is 0.275 e. The monoisotopic (exact) mass is 368 g/mol. The summed E-state index contributed by atoms with van der Waals surface area (Å²) in [6, 6.07) is 12.1. The van der Waals surface area contributed by atoms with E-state index in [0.717, 1.165) is 18.7 Å². The van der Waals surface area contributed by atoms with E-state index in [2.05, 4.69) is 26.3 Å². The van der Waals surface area contributed by atoms with E-state index in [9.17, 15) is 9.18 Å². The van der Waals surface area contributed by atoms with Crippen LogP contribution in [0.1, 0.15) is 16.1 Å². The number of benzene rings is 2. The van der Waals surface area contributed by atoms with Gasteiger partial charge in [-0.3, -0.25) is 4.79 Å². The summed E-state index contributed by atoms with van der Waals surface area (Å²) in [5.74, 6) is -0.287. The van der Waals surface area contributed by atoms with Gasteiger partial charge in [0.15, 0.2) is 5.82 Å². The molecule has 7 heteroatoms. The molecule has 0 aliphatic carbocycles. The molecule has 0 unspecified atom stereocenters. The lowest BCUT2D eigenvalue weighted by molar-refractivity contribution is 0.102. The van der Waals surface area contributed by atoms with Crippen molar-refractivity contribution >= 4 is 34.7 Å². The molecule has 4 rings (SSSR count). The molecule has 0 fully saturated rings. The van der Waals surface area contributed by atoms with Gasteiger partial charge in [-0.2, -0.15) is 0 Å². The summed E-state index contributed by atoms with van der Waals surface area (Å²) in [6.07, 6.45) is 3.96. The number of nitrogens with one attached hydrogen (secondary N) is 1. The maximum absolute atomic E-state index is 13.2. The summed E-state index contributed by atoms with van der Waals surface area (Å²) in [4.78, 5) is 22.9. The van der Waals surface area contributed by atoms with Crippen LogP contribution in [0.4, 0.5) is 21.6 Å². The number of amides is 1. The number of para-hydroxylation sites is 1. The van der Waals surface area contributed by atoms with Crippen LogP contribution in [0.3, 0.4) is 0 Å². The average molecular weight is 369 g/mol. The van der Waals surface area contributed by atoms with Gasteiger partial charge in [-0.05, 0) is 36.2 Å². The van der Waals surface area contributed by atoms with Crippen LogP contribution in [0.2, 0.25) is 5.02 Å². The molecule has 1 amide bonds.